The number of halogens is 2. The van der Waals surface area contributed by atoms with E-state index in [2.05, 4.69) is 10.3 Å². The predicted octanol–water partition coefficient (Wildman–Crippen LogP) is 5.14. The number of carbonyl (C=O) groups is 2. The average molecular weight is 492 g/mol. The molecule has 6 nitrogen and oxygen atoms in total. The molecule has 2 amide bonds. The number of para-hydroxylation sites is 1. The fourth-order valence-electron chi connectivity index (χ4n) is 3.60. The third-order valence-electron chi connectivity index (χ3n) is 5.15. The van der Waals surface area contributed by atoms with E-state index in [9.17, 15) is 18.4 Å². The van der Waals surface area contributed by atoms with Crippen molar-refractivity contribution in [2.45, 2.75) is 41.3 Å². The summed E-state index contributed by atoms with van der Waals surface area (Å²) >= 11 is 1.71. The first-order chi connectivity index (χ1) is 16.0. The minimum atomic E-state index is -2.49. The molecule has 2 unspecified atom stereocenters. The number of nitrogens with one attached hydrogen (secondary N) is 1. The molecule has 0 saturated carbocycles. The highest BCUT2D eigenvalue weighted by molar-refractivity contribution is 8.15. The Balaban J connectivity index is 1.48. The number of rotatable bonds is 8. The molecule has 10 heteroatoms. The number of anilines is 1. The summed E-state index contributed by atoms with van der Waals surface area (Å²) in [6, 6.07) is 15.5. The topological polar surface area (TPSA) is 71.0 Å². The second-order valence-corrected chi connectivity index (χ2v) is 9.81. The van der Waals surface area contributed by atoms with E-state index in [-0.39, 0.29) is 24.3 Å². The third-order valence-corrected chi connectivity index (χ3v) is 7.04. The van der Waals surface area contributed by atoms with Crippen molar-refractivity contribution >= 4 is 51.9 Å². The highest BCUT2D eigenvalue weighted by Gasteiger charge is 2.40. The van der Waals surface area contributed by atoms with Crippen molar-refractivity contribution in [2.24, 2.45) is 4.99 Å². The molecule has 174 valence electrons. The fraction of sp³-hybridized carbons (Fsp3) is 0.348. The second-order valence-electron chi connectivity index (χ2n) is 7.58. The molecular formula is C23H23F2N3O3S2. The van der Waals surface area contributed by atoms with Crippen molar-refractivity contribution < 1.29 is 23.1 Å². The Hall–Kier alpha value is -2.43. The maximum Gasteiger partial charge on any atom is 0.288 e. The molecular weight excluding hydrogens is 468 g/mol. The highest BCUT2D eigenvalue weighted by Crippen LogP contribution is 2.34. The maximum atomic E-state index is 13.2. The summed E-state index contributed by atoms with van der Waals surface area (Å²) in [4.78, 5) is 32.3. The first-order valence-corrected chi connectivity index (χ1v) is 12.3. The van der Waals surface area contributed by atoms with Gasteiger partial charge in [-0.3, -0.25) is 14.5 Å². The quantitative estimate of drug-likeness (QED) is 0.518. The van der Waals surface area contributed by atoms with E-state index in [1.165, 1.54) is 11.8 Å². The Labute approximate surface area is 199 Å². The molecule has 0 bridgehead atoms. The molecule has 2 fully saturated rings. The first kappa shape index (κ1) is 23.7. The molecule has 0 spiro atoms. The number of nitrogens with zero attached hydrogens (tertiary/aromatic N) is 2. The van der Waals surface area contributed by atoms with Crippen molar-refractivity contribution in [2.75, 3.05) is 18.5 Å². The van der Waals surface area contributed by atoms with Gasteiger partial charge >= 0.3 is 0 Å². The van der Waals surface area contributed by atoms with Gasteiger partial charge in [0, 0.05) is 23.6 Å². The molecule has 33 heavy (non-hydrogen) atoms. The van der Waals surface area contributed by atoms with Crippen molar-refractivity contribution in [1.29, 1.82) is 0 Å². The van der Waals surface area contributed by atoms with Gasteiger partial charge in [0.25, 0.3) is 5.76 Å². The summed E-state index contributed by atoms with van der Waals surface area (Å²) < 4.78 is 30.8. The van der Waals surface area contributed by atoms with Crippen LogP contribution in [0, 0.1) is 0 Å². The summed E-state index contributed by atoms with van der Waals surface area (Å²) in [5, 5.41) is 2.71. The van der Waals surface area contributed by atoms with Crippen LogP contribution in [0.25, 0.3) is 0 Å². The lowest BCUT2D eigenvalue weighted by Gasteiger charge is -2.20. The van der Waals surface area contributed by atoms with Crippen molar-refractivity contribution in [3.8, 4) is 0 Å². The number of amides is 2. The third kappa shape index (κ3) is 6.55. The van der Waals surface area contributed by atoms with Gasteiger partial charge in [-0.25, -0.2) is 4.99 Å². The number of hydrogen-bond donors (Lipinski definition) is 1. The zero-order chi connectivity index (χ0) is 23.2. The first-order valence-electron chi connectivity index (χ1n) is 10.6. The van der Waals surface area contributed by atoms with Crippen molar-refractivity contribution in [3.05, 3.63) is 54.6 Å². The van der Waals surface area contributed by atoms with Crippen LogP contribution in [-0.4, -0.2) is 52.1 Å². The Kier molecular flexibility index (Phi) is 8.00. The van der Waals surface area contributed by atoms with E-state index in [1.54, 1.807) is 41.3 Å². The maximum absolute atomic E-state index is 13.2. The van der Waals surface area contributed by atoms with Crippen LogP contribution in [0.15, 0.2) is 64.5 Å². The van der Waals surface area contributed by atoms with E-state index in [1.807, 2.05) is 18.2 Å². The molecule has 0 aliphatic carbocycles. The van der Waals surface area contributed by atoms with Gasteiger partial charge in [-0.1, -0.05) is 41.7 Å². The molecule has 1 N–H and O–H groups in total. The lowest BCUT2D eigenvalue weighted by Crippen LogP contribution is -2.38. The minimum absolute atomic E-state index is 0.0173. The van der Waals surface area contributed by atoms with Crippen LogP contribution in [0.5, 0.6) is 0 Å². The number of hydrogen-bond acceptors (Lipinski definition) is 6. The Morgan fingerprint density at radius 3 is 2.64 bits per heavy atom. The summed E-state index contributed by atoms with van der Waals surface area (Å²) in [7, 11) is 0. The highest BCUT2D eigenvalue weighted by atomic mass is 32.2. The Morgan fingerprint density at radius 2 is 1.97 bits per heavy atom. The van der Waals surface area contributed by atoms with Crippen LogP contribution in [-0.2, 0) is 14.3 Å². The van der Waals surface area contributed by atoms with Gasteiger partial charge in [-0.15, -0.1) is 0 Å². The van der Waals surface area contributed by atoms with Crippen LogP contribution < -0.4 is 5.32 Å². The van der Waals surface area contributed by atoms with Crippen LogP contribution in [0.3, 0.4) is 0 Å². The SMILES string of the molecule is O=C(CC1SC(=Nc2ccc(SC(F)F)cc2)N(CC2CCCO2)C1=O)Nc1ccccc1. The number of thioether (sulfide) groups is 2. The van der Waals surface area contributed by atoms with Gasteiger partial charge in [-0.2, -0.15) is 8.78 Å². The van der Waals surface area contributed by atoms with E-state index >= 15 is 0 Å². The Morgan fingerprint density at radius 1 is 1.21 bits per heavy atom. The molecule has 0 radical (unpaired) electrons. The van der Waals surface area contributed by atoms with Crippen molar-refractivity contribution in [3.63, 3.8) is 0 Å². The number of amidine groups is 1. The number of alkyl halides is 2. The molecule has 4 rings (SSSR count). The zero-order valence-corrected chi connectivity index (χ0v) is 19.3. The average Bonchev–Trinajstić information content (AvgIpc) is 3.40. The van der Waals surface area contributed by atoms with Gasteiger partial charge in [0.05, 0.1) is 18.3 Å². The monoisotopic (exact) mass is 491 g/mol. The van der Waals surface area contributed by atoms with Gasteiger partial charge < -0.3 is 10.1 Å². The molecule has 2 aliphatic rings. The molecule has 2 aromatic rings. The van der Waals surface area contributed by atoms with E-state index < -0.39 is 11.0 Å². The summed E-state index contributed by atoms with van der Waals surface area (Å²) in [6.07, 6.45) is 1.75. The molecule has 0 aromatic heterocycles. The van der Waals surface area contributed by atoms with Gasteiger partial charge in [0.2, 0.25) is 11.8 Å². The zero-order valence-electron chi connectivity index (χ0n) is 17.7. The molecule has 2 heterocycles. The van der Waals surface area contributed by atoms with Crippen molar-refractivity contribution in [1.82, 2.24) is 4.90 Å². The Bertz CT molecular complexity index is 1000. The second kappa shape index (κ2) is 11.1. The van der Waals surface area contributed by atoms with Crippen LogP contribution in [0.1, 0.15) is 19.3 Å². The fourth-order valence-corrected chi connectivity index (χ4v) is 5.27. The predicted molar refractivity (Wildman–Crippen MR) is 127 cm³/mol. The molecule has 2 atom stereocenters. The summed E-state index contributed by atoms with van der Waals surface area (Å²) in [6.45, 7) is 1.04. The van der Waals surface area contributed by atoms with Crippen LogP contribution in [0.4, 0.5) is 20.2 Å². The number of carbonyl (C=O) groups excluding carboxylic acids is 2. The standard InChI is InChI=1S/C23H23F2N3O3S2/c24-22(25)32-18-10-8-16(9-11-18)27-23-28(14-17-7-4-12-31-17)21(30)19(33-23)13-20(29)26-15-5-2-1-3-6-15/h1-3,5-6,8-11,17,19,22H,4,7,12-14H2,(H,26,29). The van der Waals surface area contributed by atoms with E-state index in [4.69, 9.17) is 4.74 Å². The smallest absolute Gasteiger partial charge is 0.288 e. The lowest BCUT2D eigenvalue weighted by atomic mass is 10.2. The molecule has 2 saturated heterocycles. The van der Waals surface area contributed by atoms with Crippen LogP contribution >= 0.6 is 23.5 Å². The summed E-state index contributed by atoms with van der Waals surface area (Å²) in [5.41, 5.74) is 1.22. The minimum Gasteiger partial charge on any atom is -0.376 e. The van der Waals surface area contributed by atoms with Gasteiger partial charge in [0.15, 0.2) is 5.17 Å². The van der Waals surface area contributed by atoms with Gasteiger partial charge in [-0.05, 0) is 49.2 Å². The summed E-state index contributed by atoms with van der Waals surface area (Å²) in [5.74, 6) is -2.92. The molecule has 2 aliphatic heterocycles. The number of ether oxygens (including phenoxy) is 1. The largest absolute Gasteiger partial charge is 0.376 e. The van der Waals surface area contributed by atoms with Crippen LogP contribution in [0.2, 0.25) is 0 Å². The van der Waals surface area contributed by atoms with E-state index in [0.29, 0.717) is 46.4 Å². The number of benzene rings is 2. The van der Waals surface area contributed by atoms with Gasteiger partial charge in [0.1, 0.15) is 5.25 Å². The normalized spacial score (nSPS) is 21.8. The molecule has 2 aromatic carbocycles. The lowest BCUT2D eigenvalue weighted by molar-refractivity contribution is -0.129. The number of aliphatic imine (C=N–C) groups is 1. The van der Waals surface area contributed by atoms with E-state index in [0.717, 1.165) is 12.8 Å².